The Balaban J connectivity index is 2.09. The van der Waals surface area contributed by atoms with Crippen LogP contribution in [-0.4, -0.2) is 28.4 Å². The Morgan fingerprint density at radius 2 is 2.07 bits per heavy atom. The minimum Gasteiger partial charge on any atom is -0.475 e. The van der Waals surface area contributed by atoms with Crippen LogP contribution in [0.4, 0.5) is 5.82 Å². The molecular weight excluding hydrogens is 198 g/mol. The third kappa shape index (κ3) is 1.97. The highest BCUT2D eigenvalue weighted by Gasteiger charge is 2.18. The lowest BCUT2D eigenvalue weighted by molar-refractivity contribution is 0.329. The number of piperidine rings is 1. The van der Waals surface area contributed by atoms with Gasteiger partial charge in [0, 0.05) is 13.1 Å². The van der Waals surface area contributed by atoms with Gasteiger partial charge in [-0.05, 0) is 26.2 Å². The Morgan fingerprint density at radius 1 is 1.29 bits per heavy atom. The third-order valence-corrected chi connectivity index (χ3v) is 2.88. The molecule has 5 heteroatoms. The zero-order chi connectivity index (χ0) is 9.80. The molecule has 0 unspecified atom stereocenters. The molecule has 0 aliphatic carbocycles. The van der Waals surface area contributed by atoms with E-state index in [1.54, 1.807) is 0 Å². The molecule has 1 fully saturated rings. The van der Waals surface area contributed by atoms with E-state index in [0.29, 0.717) is 12.5 Å². The van der Waals surface area contributed by atoms with Gasteiger partial charge in [-0.15, -0.1) is 4.37 Å². The van der Waals surface area contributed by atoms with E-state index < -0.39 is 0 Å². The van der Waals surface area contributed by atoms with Gasteiger partial charge in [0.05, 0.1) is 18.3 Å². The molecule has 0 radical (unpaired) electrons. The van der Waals surface area contributed by atoms with E-state index in [0.717, 1.165) is 18.9 Å². The van der Waals surface area contributed by atoms with Crippen molar-refractivity contribution in [1.82, 2.24) is 8.75 Å². The zero-order valence-electron chi connectivity index (χ0n) is 8.40. The average molecular weight is 213 g/mol. The lowest BCUT2D eigenvalue weighted by atomic mass is 10.1. The van der Waals surface area contributed by atoms with Crippen molar-refractivity contribution in [3.63, 3.8) is 0 Å². The van der Waals surface area contributed by atoms with Crippen LogP contribution in [0.15, 0.2) is 0 Å². The maximum atomic E-state index is 5.43. The van der Waals surface area contributed by atoms with Crippen molar-refractivity contribution in [2.75, 3.05) is 24.6 Å². The summed E-state index contributed by atoms with van der Waals surface area (Å²) in [6.07, 6.45) is 3.84. The van der Waals surface area contributed by atoms with Crippen LogP contribution >= 0.6 is 11.7 Å². The number of rotatable bonds is 3. The van der Waals surface area contributed by atoms with Crippen LogP contribution < -0.4 is 9.64 Å². The average Bonchev–Trinajstić information content (AvgIpc) is 2.68. The van der Waals surface area contributed by atoms with Crippen molar-refractivity contribution in [2.45, 2.75) is 26.2 Å². The molecule has 1 aromatic heterocycles. The fourth-order valence-corrected chi connectivity index (χ4v) is 2.22. The molecule has 1 aromatic rings. The van der Waals surface area contributed by atoms with Crippen molar-refractivity contribution in [2.24, 2.45) is 0 Å². The molecule has 0 N–H and O–H groups in total. The second-order valence-corrected chi connectivity index (χ2v) is 3.90. The minimum absolute atomic E-state index is 0.659. The molecule has 2 heterocycles. The van der Waals surface area contributed by atoms with Gasteiger partial charge in [-0.2, -0.15) is 4.37 Å². The number of hydrogen-bond donors (Lipinski definition) is 0. The number of hydrogen-bond acceptors (Lipinski definition) is 5. The van der Waals surface area contributed by atoms with Crippen LogP contribution in [0.3, 0.4) is 0 Å². The largest absolute Gasteiger partial charge is 0.475 e. The van der Waals surface area contributed by atoms with Crippen LogP contribution in [0.2, 0.25) is 0 Å². The Hall–Kier alpha value is -0.840. The summed E-state index contributed by atoms with van der Waals surface area (Å²) in [5.74, 6) is 1.65. The Kier molecular flexibility index (Phi) is 3.18. The van der Waals surface area contributed by atoms with Gasteiger partial charge in [0.25, 0.3) is 5.88 Å². The SMILES string of the molecule is CCOc1nsnc1N1CCCCC1. The number of nitrogens with zero attached hydrogens (tertiary/aromatic N) is 3. The first kappa shape index (κ1) is 9.71. The van der Waals surface area contributed by atoms with E-state index in [-0.39, 0.29) is 0 Å². The second-order valence-electron chi connectivity index (χ2n) is 3.37. The molecule has 0 atom stereocenters. The van der Waals surface area contributed by atoms with Gasteiger partial charge < -0.3 is 9.64 Å². The van der Waals surface area contributed by atoms with Gasteiger partial charge in [-0.25, -0.2) is 0 Å². The molecule has 78 valence electrons. The highest BCUT2D eigenvalue weighted by molar-refractivity contribution is 6.99. The second kappa shape index (κ2) is 4.59. The van der Waals surface area contributed by atoms with Gasteiger partial charge in [-0.3, -0.25) is 0 Å². The maximum Gasteiger partial charge on any atom is 0.270 e. The lowest BCUT2D eigenvalue weighted by Crippen LogP contribution is -2.30. The van der Waals surface area contributed by atoms with Crippen molar-refractivity contribution < 1.29 is 4.74 Å². The highest BCUT2D eigenvalue weighted by atomic mass is 32.1. The van der Waals surface area contributed by atoms with Crippen molar-refractivity contribution in [3.05, 3.63) is 0 Å². The van der Waals surface area contributed by atoms with Crippen LogP contribution in [0.5, 0.6) is 5.88 Å². The Morgan fingerprint density at radius 3 is 2.79 bits per heavy atom. The molecule has 1 aliphatic rings. The van der Waals surface area contributed by atoms with Crippen LogP contribution in [0.1, 0.15) is 26.2 Å². The smallest absolute Gasteiger partial charge is 0.270 e. The van der Waals surface area contributed by atoms with Gasteiger partial charge in [0.1, 0.15) is 0 Å². The lowest BCUT2D eigenvalue weighted by Gasteiger charge is -2.26. The van der Waals surface area contributed by atoms with Crippen molar-refractivity contribution in [3.8, 4) is 5.88 Å². The summed E-state index contributed by atoms with van der Waals surface area (Å²) in [6, 6.07) is 0. The number of aromatic nitrogens is 2. The Bertz CT molecular complexity index is 283. The predicted octanol–water partition coefficient (Wildman–Crippen LogP) is 1.93. The Labute approximate surface area is 88.2 Å². The summed E-state index contributed by atoms with van der Waals surface area (Å²) in [4.78, 5) is 2.28. The third-order valence-electron chi connectivity index (χ3n) is 2.38. The molecule has 1 aliphatic heterocycles. The quantitative estimate of drug-likeness (QED) is 0.769. The molecule has 0 aromatic carbocycles. The van der Waals surface area contributed by atoms with E-state index in [1.807, 2.05) is 6.92 Å². The predicted molar refractivity (Wildman–Crippen MR) is 57.1 cm³/mol. The summed E-state index contributed by atoms with van der Waals surface area (Å²) in [7, 11) is 0. The molecule has 1 saturated heterocycles. The normalized spacial score (nSPS) is 17.1. The van der Waals surface area contributed by atoms with Crippen LogP contribution in [0, 0.1) is 0 Å². The van der Waals surface area contributed by atoms with Crippen LogP contribution in [0.25, 0.3) is 0 Å². The minimum atomic E-state index is 0.659. The van der Waals surface area contributed by atoms with E-state index in [4.69, 9.17) is 4.74 Å². The summed E-state index contributed by atoms with van der Waals surface area (Å²) in [6.45, 7) is 4.81. The highest BCUT2D eigenvalue weighted by Crippen LogP contribution is 2.27. The molecule has 0 bridgehead atoms. The molecule has 0 saturated carbocycles. The standard InChI is InChI=1S/C9H15N3OS/c1-2-13-9-8(10-14-11-9)12-6-4-3-5-7-12/h2-7H2,1H3. The van der Waals surface area contributed by atoms with Gasteiger partial charge in [0.15, 0.2) is 0 Å². The topological polar surface area (TPSA) is 38.3 Å². The van der Waals surface area contributed by atoms with Crippen LogP contribution in [-0.2, 0) is 0 Å². The van der Waals surface area contributed by atoms with Crippen molar-refractivity contribution in [1.29, 1.82) is 0 Å². The molecule has 2 rings (SSSR count). The van der Waals surface area contributed by atoms with Gasteiger partial charge in [-0.1, -0.05) is 0 Å². The first-order valence-corrected chi connectivity index (χ1v) is 5.85. The number of anilines is 1. The first-order chi connectivity index (χ1) is 6.92. The molecular formula is C9H15N3OS. The molecule has 14 heavy (non-hydrogen) atoms. The van der Waals surface area contributed by atoms with E-state index in [9.17, 15) is 0 Å². The fraction of sp³-hybridized carbons (Fsp3) is 0.778. The van der Waals surface area contributed by atoms with E-state index in [2.05, 4.69) is 13.6 Å². The summed E-state index contributed by atoms with van der Waals surface area (Å²) >= 11 is 1.23. The van der Waals surface area contributed by atoms with E-state index in [1.165, 1.54) is 31.0 Å². The fourth-order valence-electron chi connectivity index (χ4n) is 1.70. The zero-order valence-corrected chi connectivity index (χ0v) is 9.22. The summed E-state index contributed by atoms with van der Waals surface area (Å²) in [5.41, 5.74) is 0. The van der Waals surface area contributed by atoms with Gasteiger partial charge >= 0.3 is 0 Å². The monoisotopic (exact) mass is 213 g/mol. The van der Waals surface area contributed by atoms with Gasteiger partial charge in [0.2, 0.25) is 5.82 Å². The molecule has 4 nitrogen and oxygen atoms in total. The summed E-state index contributed by atoms with van der Waals surface area (Å²) < 4.78 is 13.9. The molecule has 0 spiro atoms. The maximum absolute atomic E-state index is 5.43. The summed E-state index contributed by atoms with van der Waals surface area (Å²) in [5, 5.41) is 0. The number of ether oxygens (including phenoxy) is 1. The van der Waals surface area contributed by atoms with Crippen molar-refractivity contribution >= 4 is 17.5 Å². The molecule has 0 amide bonds. The van der Waals surface area contributed by atoms with E-state index >= 15 is 0 Å². The first-order valence-electron chi connectivity index (χ1n) is 5.12.